The zero-order valence-electron chi connectivity index (χ0n) is 4.61. The van der Waals surface area contributed by atoms with E-state index in [9.17, 15) is 0 Å². The Morgan fingerprint density at radius 1 is 1.22 bits per heavy atom. The van der Waals surface area contributed by atoms with Gasteiger partial charge in [0.25, 0.3) is 0 Å². The Kier molecular flexibility index (Phi) is 16.8. The van der Waals surface area contributed by atoms with Gasteiger partial charge in [0.1, 0.15) is 0 Å². The topological polar surface area (TPSA) is 0 Å². The summed E-state index contributed by atoms with van der Waals surface area (Å²) in [6.07, 6.45) is 7.71. The molecule has 0 fully saturated rings. The maximum atomic E-state index is 2.19. The summed E-state index contributed by atoms with van der Waals surface area (Å²) in [5.41, 5.74) is 0. The van der Waals surface area contributed by atoms with E-state index in [-0.39, 0.29) is 37.2 Å². The van der Waals surface area contributed by atoms with E-state index in [1.165, 1.54) is 27.5 Å². The van der Waals surface area contributed by atoms with Gasteiger partial charge in [0.2, 0.25) is 0 Å². The molecular weight excluding hydrogens is 347 g/mol. The molecule has 9 heavy (non-hydrogen) atoms. The van der Waals surface area contributed by atoms with Crippen LogP contribution >= 0.6 is 37.2 Å². The minimum absolute atomic E-state index is 0. The molecule has 0 saturated heterocycles. The van der Waals surface area contributed by atoms with Crippen molar-refractivity contribution < 1.29 is 21.1 Å². The third kappa shape index (κ3) is 6.98. The van der Waals surface area contributed by atoms with E-state index in [0.29, 0.717) is 0 Å². The number of hydrogen-bond acceptors (Lipinski definition) is 0. The fourth-order valence-corrected chi connectivity index (χ4v) is 1.12. The Bertz CT molecular complexity index is 109. The maximum absolute atomic E-state index is 2.19. The van der Waals surface area contributed by atoms with Gasteiger partial charge in [-0.25, -0.2) is 0 Å². The van der Waals surface area contributed by atoms with Crippen molar-refractivity contribution in [3.8, 4) is 0 Å². The molecule has 0 aromatic carbocycles. The van der Waals surface area contributed by atoms with Crippen molar-refractivity contribution in [3.63, 3.8) is 0 Å². The van der Waals surface area contributed by atoms with E-state index < -0.39 is 0 Å². The molecule has 0 atom stereocenters. The second-order valence-electron chi connectivity index (χ2n) is 1.29. The van der Waals surface area contributed by atoms with Gasteiger partial charge in [-0.05, 0) is 0 Å². The first-order valence-corrected chi connectivity index (χ1v) is 3.55. The number of hydrogen-bond donors (Lipinski definition) is 0. The SMILES string of the molecule is Cl.Cl.Cl.[Ta][C]1=CC=CC1. The van der Waals surface area contributed by atoms with Crippen LogP contribution in [0.15, 0.2) is 22.0 Å². The van der Waals surface area contributed by atoms with Gasteiger partial charge in [-0.1, -0.05) is 0 Å². The third-order valence-corrected chi connectivity index (χ3v) is 1.94. The van der Waals surface area contributed by atoms with Crippen molar-refractivity contribution in [2.45, 2.75) is 6.42 Å². The van der Waals surface area contributed by atoms with Crippen LogP contribution in [-0.4, -0.2) is 0 Å². The number of allylic oxidation sites excluding steroid dienone is 4. The van der Waals surface area contributed by atoms with Gasteiger partial charge in [-0.3, -0.25) is 0 Å². The van der Waals surface area contributed by atoms with Gasteiger partial charge in [0.15, 0.2) is 0 Å². The van der Waals surface area contributed by atoms with E-state index in [2.05, 4.69) is 18.2 Å². The molecule has 54 valence electrons. The molecule has 1 rings (SSSR count). The second-order valence-corrected chi connectivity index (χ2v) is 3.35. The van der Waals surface area contributed by atoms with Crippen LogP contribution < -0.4 is 0 Å². The molecule has 0 nitrogen and oxygen atoms in total. The van der Waals surface area contributed by atoms with E-state index in [1.807, 2.05) is 0 Å². The van der Waals surface area contributed by atoms with E-state index >= 15 is 0 Å². The molecule has 0 unspecified atom stereocenters. The molecule has 0 N–H and O–H groups in total. The molecule has 0 amide bonds. The van der Waals surface area contributed by atoms with Crippen molar-refractivity contribution in [2.24, 2.45) is 0 Å². The predicted molar refractivity (Wildman–Crippen MR) is 43.6 cm³/mol. The van der Waals surface area contributed by atoms with Gasteiger partial charge in [0.05, 0.1) is 0 Å². The first-order chi connectivity index (χ1) is 2.89. The molecule has 0 aromatic rings. The van der Waals surface area contributed by atoms with Crippen LogP contribution in [0.25, 0.3) is 0 Å². The number of rotatable bonds is 0. The summed E-state index contributed by atoms with van der Waals surface area (Å²) in [4.78, 5) is 0. The normalized spacial score (nSPS) is 12.2. The van der Waals surface area contributed by atoms with Crippen LogP contribution in [0.2, 0.25) is 0 Å². The van der Waals surface area contributed by atoms with Crippen molar-refractivity contribution in [2.75, 3.05) is 0 Å². The summed E-state index contributed by atoms with van der Waals surface area (Å²) in [6.45, 7) is 0. The molecule has 0 aliphatic heterocycles. The molecule has 4 heteroatoms. The fourth-order valence-electron chi connectivity index (χ4n) is 0.436. The number of halogens is 3. The Morgan fingerprint density at radius 3 is 1.89 bits per heavy atom. The molecule has 0 aromatic heterocycles. The van der Waals surface area contributed by atoms with E-state index in [0.717, 1.165) is 0 Å². The Morgan fingerprint density at radius 2 is 1.78 bits per heavy atom. The van der Waals surface area contributed by atoms with Crippen LogP contribution in [0.4, 0.5) is 0 Å². The predicted octanol–water partition coefficient (Wildman–Crippen LogP) is 2.64. The van der Waals surface area contributed by atoms with Crippen LogP contribution in [0.3, 0.4) is 0 Å². The van der Waals surface area contributed by atoms with Crippen molar-refractivity contribution in [1.29, 1.82) is 0 Å². The quantitative estimate of drug-likeness (QED) is 0.627. The van der Waals surface area contributed by atoms with Gasteiger partial charge < -0.3 is 0 Å². The molecule has 0 heterocycles. The Balaban J connectivity index is -0.000000120. The van der Waals surface area contributed by atoms with Gasteiger partial charge in [-0.2, -0.15) is 0 Å². The molecule has 1 aliphatic carbocycles. The second kappa shape index (κ2) is 9.09. The standard InChI is InChI=1S/C5H5.3ClH.Ta/c1-2-4-5-3-1;;;;/h1-3H,4H2;3*1H;. The average molecular weight is 355 g/mol. The van der Waals surface area contributed by atoms with Crippen LogP contribution in [0.5, 0.6) is 0 Å². The van der Waals surface area contributed by atoms with Crippen molar-refractivity contribution in [1.82, 2.24) is 0 Å². The van der Waals surface area contributed by atoms with Crippen LogP contribution in [0, 0.1) is 0 Å². The first-order valence-electron chi connectivity index (χ1n) is 1.94. The summed E-state index contributed by atoms with van der Waals surface area (Å²) in [6, 6.07) is 0. The summed E-state index contributed by atoms with van der Waals surface area (Å²) in [5, 5.41) is 0. The van der Waals surface area contributed by atoms with Crippen molar-refractivity contribution >= 4 is 37.2 Å². The fraction of sp³-hybridized carbons (Fsp3) is 0.200. The van der Waals surface area contributed by atoms with Gasteiger partial charge in [0, 0.05) is 0 Å². The molecule has 0 saturated carbocycles. The molecular formula is C5H8Cl3Ta. The van der Waals surface area contributed by atoms with Crippen molar-refractivity contribution in [3.05, 3.63) is 22.0 Å². The average Bonchev–Trinajstić information content (AvgIpc) is 1.86. The van der Waals surface area contributed by atoms with E-state index in [1.54, 1.807) is 3.79 Å². The summed E-state index contributed by atoms with van der Waals surface area (Å²) < 4.78 is 1.58. The zero-order chi connectivity index (χ0) is 4.41. The minimum atomic E-state index is 0. The molecule has 1 aliphatic rings. The van der Waals surface area contributed by atoms with Crippen LogP contribution in [-0.2, 0) is 21.1 Å². The molecule has 0 radical (unpaired) electrons. The Labute approximate surface area is 86.3 Å². The monoisotopic (exact) mass is 354 g/mol. The van der Waals surface area contributed by atoms with Gasteiger partial charge >= 0.3 is 49.5 Å². The third-order valence-electron chi connectivity index (χ3n) is 0.752. The molecule has 0 bridgehead atoms. The first kappa shape index (κ1) is 16.6. The zero-order valence-corrected chi connectivity index (χ0v) is 10.3. The van der Waals surface area contributed by atoms with E-state index in [4.69, 9.17) is 0 Å². The Hall–Kier alpha value is 1.09. The molecule has 0 spiro atoms. The summed E-state index contributed by atoms with van der Waals surface area (Å²) >= 11 is 1.43. The van der Waals surface area contributed by atoms with Gasteiger partial charge in [-0.15, -0.1) is 37.2 Å². The summed E-state index contributed by atoms with van der Waals surface area (Å²) in [5.74, 6) is 0. The van der Waals surface area contributed by atoms with Crippen LogP contribution in [0.1, 0.15) is 6.42 Å². The summed E-state index contributed by atoms with van der Waals surface area (Å²) in [7, 11) is 0.